The van der Waals surface area contributed by atoms with Crippen molar-refractivity contribution in [2.75, 3.05) is 51.2 Å². The zero-order valence-electron chi connectivity index (χ0n) is 17.4. The summed E-state index contributed by atoms with van der Waals surface area (Å²) in [6.45, 7) is 10.4. The molecule has 1 amide bonds. The molecule has 27 heavy (non-hydrogen) atoms. The normalized spacial score (nSPS) is 15.3. The van der Waals surface area contributed by atoms with Gasteiger partial charge in [0.15, 0.2) is 0 Å². The molecule has 1 aliphatic heterocycles. The summed E-state index contributed by atoms with van der Waals surface area (Å²) in [5.74, 6) is 1.40. The van der Waals surface area contributed by atoms with Crippen LogP contribution in [0.25, 0.3) is 0 Å². The minimum absolute atomic E-state index is 0.221. The van der Waals surface area contributed by atoms with Gasteiger partial charge in [0, 0.05) is 58.1 Å². The third-order valence-electron chi connectivity index (χ3n) is 5.42. The van der Waals surface area contributed by atoms with Crippen molar-refractivity contribution in [3.63, 3.8) is 0 Å². The lowest BCUT2D eigenvalue weighted by Gasteiger charge is -2.34. The van der Waals surface area contributed by atoms with Gasteiger partial charge in [0.25, 0.3) is 0 Å². The second-order valence-electron chi connectivity index (χ2n) is 7.62. The number of piperazine rings is 1. The Bertz CT molecular complexity index is 525. The summed E-state index contributed by atoms with van der Waals surface area (Å²) in [6, 6.07) is 1.86. The van der Waals surface area contributed by atoms with Gasteiger partial charge in [-0.1, -0.05) is 26.7 Å². The maximum atomic E-state index is 12.6. The van der Waals surface area contributed by atoms with E-state index in [1.165, 1.54) is 0 Å². The topological polar surface area (TPSA) is 52.6 Å². The van der Waals surface area contributed by atoms with Crippen LogP contribution in [0.4, 0.5) is 5.95 Å². The molecule has 0 unspecified atom stereocenters. The van der Waals surface area contributed by atoms with E-state index in [0.717, 1.165) is 83.7 Å². The summed E-state index contributed by atoms with van der Waals surface area (Å²) in [5.41, 5.74) is 0. The Morgan fingerprint density at radius 3 is 2.30 bits per heavy atom. The largest absolute Gasteiger partial charge is 0.346 e. The quantitative estimate of drug-likeness (QED) is 0.557. The van der Waals surface area contributed by atoms with Crippen LogP contribution in [0.1, 0.15) is 52.4 Å². The van der Waals surface area contributed by atoms with Crippen molar-refractivity contribution >= 4 is 11.9 Å². The number of hydrogen-bond donors (Lipinski definition) is 0. The van der Waals surface area contributed by atoms with Gasteiger partial charge in [0.2, 0.25) is 11.9 Å². The molecule has 0 N–H and O–H groups in total. The average molecular weight is 376 g/mol. The smallest absolute Gasteiger partial charge is 0.225 e. The summed E-state index contributed by atoms with van der Waals surface area (Å²) in [4.78, 5) is 28.0. The van der Waals surface area contributed by atoms with Gasteiger partial charge in [-0.15, -0.1) is 0 Å². The molecular formula is C21H37N5O. The van der Waals surface area contributed by atoms with Crippen LogP contribution in [0, 0.1) is 5.92 Å². The molecule has 1 aliphatic rings. The molecule has 0 radical (unpaired) electrons. The molecular weight excluding hydrogens is 338 g/mol. The molecule has 0 saturated carbocycles. The number of carbonyl (C=O) groups excluding carboxylic acids is 1. The van der Waals surface area contributed by atoms with Gasteiger partial charge in [-0.2, -0.15) is 0 Å². The zero-order chi connectivity index (χ0) is 19.5. The Hall–Kier alpha value is -1.69. The highest BCUT2D eigenvalue weighted by Crippen LogP contribution is 2.16. The van der Waals surface area contributed by atoms with E-state index in [2.05, 4.69) is 33.6 Å². The second kappa shape index (κ2) is 11.9. The lowest BCUT2D eigenvalue weighted by Crippen LogP contribution is -2.47. The van der Waals surface area contributed by atoms with E-state index in [0.29, 0.717) is 5.91 Å². The van der Waals surface area contributed by atoms with Crippen molar-refractivity contribution < 1.29 is 4.79 Å². The molecule has 1 fully saturated rings. The monoisotopic (exact) mass is 375 g/mol. The molecule has 0 spiro atoms. The lowest BCUT2D eigenvalue weighted by atomic mass is 9.97. The fourth-order valence-electron chi connectivity index (χ4n) is 3.82. The van der Waals surface area contributed by atoms with E-state index in [-0.39, 0.29) is 5.92 Å². The summed E-state index contributed by atoms with van der Waals surface area (Å²) >= 11 is 0. The van der Waals surface area contributed by atoms with Crippen molar-refractivity contribution in [1.29, 1.82) is 0 Å². The fraction of sp³-hybridized carbons (Fsp3) is 0.762. The predicted molar refractivity (Wildman–Crippen MR) is 111 cm³/mol. The Balaban J connectivity index is 1.62. The van der Waals surface area contributed by atoms with Gasteiger partial charge in [-0.3, -0.25) is 9.69 Å². The van der Waals surface area contributed by atoms with Gasteiger partial charge < -0.3 is 9.80 Å². The van der Waals surface area contributed by atoms with Crippen LogP contribution in [-0.4, -0.2) is 72.0 Å². The number of rotatable bonds is 11. The van der Waals surface area contributed by atoms with Crippen LogP contribution in [0.2, 0.25) is 0 Å². The standard InChI is InChI=1S/C21H37N5O/c1-4-9-19(10-5-2)20(27)24(3)13-6-7-14-25-15-17-26(18-16-25)21-22-11-8-12-23-21/h8,11-12,19H,4-7,9-10,13-18H2,1-3H3. The van der Waals surface area contributed by atoms with Gasteiger partial charge in [0.1, 0.15) is 0 Å². The van der Waals surface area contributed by atoms with Crippen LogP contribution in [0.15, 0.2) is 18.5 Å². The summed E-state index contributed by atoms with van der Waals surface area (Å²) in [7, 11) is 1.97. The van der Waals surface area contributed by atoms with Crippen LogP contribution in [-0.2, 0) is 4.79 Å². The summed E-state index contributed by atoms with van der Waals surface area (Å²) < 4.78 is 0. The van der Waals surface area contributed by atoms with Crippen molar-refractivity contribution in [2.45, 2.75) is 52.4 Å². The first-order valence-corrected chi connectivity index (χ1v) is 10.6. The third kappa shape index (κ3) is 7.09. The highest BCUT2D eigenvalue weighted by molar-refractivity contribution is 5.78. The molecule has 0 bridgehead atoms. The minimum Gasteiger partial charge on any atom is -0.346 e. The Morgan fingerprint density at radius 2 is 1.70 bits per heavy atom. The van der Waals surface area contributed by atoms with E-state index in [1.54, 1.807) is 12.4 Å². The molecule has 1 aromatic heterocycles. The minimum atomic E-state index is 0.221. The molecule has 6 nitrogen and oxygen atoms in total. The second-order valence-corrected chi connectivity index (χ2v) is 7.62. The average Bonchev–Trinajstić information content (AvgIpc) is 2.71. The molecule has 0 atom stereocenters. The summed E-state index contributed by atoms with van der Waals surface area (Å²) in [6.07, 6.45) is 10.0. The first-order chi connectivity index (χ1) is 13.2. The molecule has 6 heteroatoms. The number of aromatic nitrogens is 2. The molecule has 0 aromatic carbocycles. The van der Waals surface area contributed by atoms with Crippen LogP contribution in [0.5, 0.6) is 0 Å². The molecule has 2 heterocycles. The lowest BCUT2D eigenvalue weighted by molar-refractivity contribution is -0.134. The van der Waals surface area contributed by atoms with Crippen molar-refractivity contribution in [2.24, 2.45) is 5.92 Å². The first kappa shape index (κ1) is 21.6. The van der Waals surface area contributed by atoms with E-state index >= 15 is 0 Å². The van der Waals surface area contributed by atoms with Crippen molar-refractivity contribution in [3.8, 4) is 0 Å². The van der Waals surface area contributed by atoms with E-state index < -0.39 is 0 Å². The van der Waals surface area contributed by atoms with Crippen LogP contribution in [0.3, 0.4) is 0 Å². The number of nitrogens with zero attached hydrogens (tertiary/aromatic N) is 5. The Kier molecular flexibility index (Phi) is 9.53. The number of carbonyl (C=O) groups is 1. The molecule has 2 rings (SSSR count). The highest BCUT2D eigenvalue weighted by Gasteiger charge is 2.21. The SMILES string of the molecule is CCCC(CCC)C(=O)N(C)CCCCN1CCN(c2ncccn2)CC1. The Labute approximate surface area is 165 Å². The van der Waals surface area contributed by atoms with E-state index in [4.69, 9.17) is 0 Å². The van der Waals surface area contributed by atoms with Crippen molar-refractivity contribution in [3.05, 3.63) is 18.5 Å². The number of amides is 1. The molecule has 0 aliphatic carbocycles. The van der Waals surface area contributed by atoms with E-state index in [1.807, 2.05) is 18.0 Å². The van der Waals surface area contributed by atoms with Gasteiger partial charge in [-0.05, 0) is 38.3 Å². The molecule has 152 valence electrons. The predicted octanol–water partition coefficient (Wildman–Crippen LogP) is 3.05. The maximum absolute atomic E-state index is 12.6. The molecule has 1 aromatic rings. The Morgan fingerprint density at radius 1 is 1.07 bits per heavy atom. The van der Waals surface area contributed by atoms with Crippen molar-refractivity contribution in [1.82, 2.24) is 19.8 Å². The number of anilines is 1. The highest BCUT2D eigenvalue weighted by atomic mass is 16.2. The zero-order valence-corrected chi connectivity index (χ0v) is 17.4. The first-order valence-electron chi connectivity index (χ1n) is 10.6. The van der Waals surface area contributed by atoms with Gasteiger partial charge >= 0.3 is 0 Å². The third-order valence-corrected chi connectivity index (χ3v) is 5.42. The summed E-state index contributed by atoms with van der Waals surface area (Å²) in [5, 5.41) is 0. The number of hydrogen-bond acceptors (Lipinski definition) is 5. The van der Waals surface area contributed by atoms with Crippen LogP contribution < -0.4 is 4.90 Å². The number of unbranched alkanes of at least 4 members (excludes halogenated alkanes) is 1. The van der Waals surface area contributed by atoms with E-state index in [9.17, 15) is 4.79 Å². The molecule has 1 saturated heterocycles. The van der Waals surface area contributed by atoms with Gasteiger partial charge in [-0.25, -0.2) is 9.97 Å². The van der Waals surface area contributed by atoms with Crippen LogP contribution >= 0.6 is 0 Å². The maximum Gasteiger partial charge on any atom is 0.225 e. The fourth-order valence-corrected chi connectivity index (χ4v) is 3.82. The van der Waals surface area contributed by atoms with Gasteiger partial charge in [0.05, 0.1) is 0 Å².